The number of carbonyl (C=O) groups excluding carboxylic acids is 1. The lowest BCUT2D eigenvalue weighted by Gasteiger charge is -2.07. The fourth-order valence-corrected chi connectivity index (χ4v) is 2.26. The summed E-state index contributed by atoms with van der Waals surface area (Å²) in [6, 6.07) is 16.8. The van der Waals surface area contributed by atoms with Crippen LogP contribution in [0.25, 0.3) is 0 Å². The predicted octanol–water partition coefficient (Wildman–Crippen LogP) is 3.96. The summed E-state index contributed by atoms with van der Waals surface area (Å²) in [7, 11) is 0. The van der Waals surface area contributed by atoms with Gasteiger partial charge in [0, 0.05) is 11.6 Å². The molecule has 1 N–H and O–H groups in total. The molecule has 0 bridgehead atoms. The van der Waals surface area contributed by atoms with Gasteiger partial charge in [-0.2, -0.15) is 5.10 Å². The minimum atomic E-state index is -0.529. The summed E-state index contributed by atoms with van der Waals surface area (Å²) in [6.07, 6.45) is 2.61. The van der Waals surface area contributed by atoms with Crippen LogP contribution >= 0.6 is 0 Å². The van der Waals surface area contributed by atoms with E-state index >= 15 is 0 Å². The summed E-state index contributed by atoms with van der Waals surface area (Å²) in [5.41, 5.74) is 4.65. The lowest BCUT2D eigenvalue weighted by Crippen LogP contribution is -2.09. The number of nitro groups is 1. The zero-order valence-corrected chi connectivity index (χ0v) is 14.9. The third kappa shape index (κ3) is 4.76. The van der Waals surface area contributed by atoms with Crippen LogP contribution in [0.2, 0.25) is 0 Å². The number of nitrogens with zero attached hydrogens (tertiary/aromatic N) is 3. The van der Waals surface area contributed by atoms with Crippen molar-refractivity contribution in [3.63, 3.8) is 0 Å². The Morgan fingerprint density at radius 1 is 1.14 bits per heavy atom. The molecule has 8 nitrogen and oxygen atoms in total. The molecule has 0 aliphatic carbocycles. The number of esters is 1. The fraction of sp³-hybridized carbons (Fsp3) is 0.0500. The van der Waals surface area contributed by atoms with Gasteiger partial charge < -0.3 is 4.74 Å². The van der Waals surface area contributed by atoms with E-state index in [1.807, 2.05) is 19.1 Å². The molecule has 0 atom stereocenters. The van der Waals surface area contributed by atoms with Gasteiger partial charge in [-0.1, -0.05) is 29.8 Å². The molecular weight excluding hydrogens is 360 g/mol. The monoisotopic (exact) mass is 376 g/mol. The molecule has 1 aromatic heterocycles. The zero-order valence-electron chi connectivity index (χ0n) is 14.9. The summed E-state index contributed by atoms with van der Waals surface area (Å²) >= 11 is 0. The fourth-order valence-electron chi connectivity index (χ4n) is 2.26. The lowest BCUT2D eigenvalue weighted by atomic mass is 10.1. The quantitative estimate of drug-likeness (QED) is 0.229. The van der Waals surface area contributed by atoms with Crippen molar-refractivity contribution in [2.24, 2.45) is 5.10 Å². The molecule has 2 aromatic carbocycles. The Labute approximate surface area is 160 Å². The third-order valence-electron chi connectivity index (χ3n) is 3.75. The van der Waals surface area contributed by atoms with Gasteiger partial charge >= 0.3 is 5.97 Å². The molecule has 3 aromatic rings. The van der Waals surface area contributed by atoms with Gasteiger partial charge in [-0.25, -0.2) is 9.78 Å². The highest BCUT2D eigenvalue weighted by Gasteiger charge is 2.10. The smallest absolute Gasteiger partial charge is 0.343 e. The predicted molar refractivity (Wildman–Crippen MR) is 105 cm³/mol. The van der Waals surface area contributed by atoms with Gasteiger partial charge in [-0.15, -0.1) is 0 Å². The molecule has 0 amide bonds. The van der Waals surface area contributed by atoms with Crippen LogP contribution in [0.3, 0.4) is 0 Å². The van der Waals surface area contributed by atoms with E-state index in [1.54, 1.807) is 36.4 Å². The molecule has 0 radical (unpaired) electrons. The first-order valence-electron chi connectivity index (χ1n) is 8.30. The second kappa shape index (κ2) is 8.54. The standard InChI is InChI=1S/C20H16N4O4/c1-14-6-8-15(9-7-14)20(25)28-18-5-3-2-4-16(18)12-22-23-19-11-10-17(13-21-19)24(26)27/h2-13H,1H3,(H,21,23)/b22-12-. The Morgan fingerprint density at radius 2 is 1.89 bits per heavy atom. The van der Waals surface area contributed by atoms with Gasteiger partial charge in [-0.05, 0) is 37.3 Å². The van der Waals surface area contributed by atoms with E-state index in [2.05, 4.69) is 15.5 Å². The van der Waals surface area contributed by atoms with Crippen LogP contribution in [0.5, 0.6) is 5.75 Å². The Balaban J connectivity index is 1.69. The summed E-state index contributed by atoms with van der Waals surface area (Å²) < 4.78 is 5.47. The van der Waals surface area contributed by atoms with E-state index in [0.717, 1.165) is 11.8 Å². The number of rotatable bonds is 6. The van der Waals surface area contributed by atoms with E-state index in [1.165, 1.54) is 18.3 Å². The first kappa shape index (κ1) is 18.7. The van der Waals surface area contributed by atoms with Crippen LogP contribution < -0.4 is 10.2 Å². The van der Waals surface area contributed by atoms with Gasteiger partial charge in [0.25, 0.3) is 5.69 Å². The molecule has 0 spiro atoms. The van der Waals surface area contributed by atoms with E-state index in [4.69, 9.17) is 4.74 Å². The summed E-state index contributed by atoms with van der Waals surface area (Å²) in [6.45, 7) is 1.94. The number of carbonyl (C=O) groups is 1. The van der Waals surface area contributed by atoms with Crippen LogP contribution in [0.4, 0.5) is 11.5 Å². The van der Waals surface area contributed by atoms with Gasteiger partial charge in [0.2, 0.25) is 0 Å². The molecule has 140 valence electrons. The first-order valence-corrected chi connectivity index (χ1v) is 8.30. The minimum absolute atomic E-state index is 0.108. The number of ether oxygens (including phenoxy) is 1. The van der Waals surface area contributed by atoms with Crippen LogP contribution in [-0.2, 0) is 0 Å². The molecule has 1 heterocycles. The second-order valence-electron chi connectivity index (χ2n) is 5.82. The molecule has 3 rings (SSSR count). The average Bonchev–Trinajstić information content (AvgIpc) is 2.70. The maximum atomic E-state index is 12.3. The Kier molecular flexibility index (Phi) is 5.71. The van der Waals surface area contributed by atoms with Crippen molar-refractivity contribution in [1.82, 2.24) is 4.98 Å². The highest BCUT2D eigenvalue weighted by molar-refractivity contribution is 5.93. The van der Waals surface area contributed by atoms with E-state index < -0.39 is 10.9 Å². The summed E-state index contributed by atoms with van der Waals surface area (Å²) in [4.78, 5) is 26.3. The normalized spacial score (nSPS) is 10.6. The Bertz CT molecular complexity index is 1020. The lowest BCUT2D eigenvalue weighted by molar-refractivity contribution is -0.385. The van der Waals surface area contributed by atoms with Crippen molar-refractivity contribution in [2.75, 3.05) is 5.43 Å². The number of nitrogens with one attached hydrogen (secondary N) is 1. The van der Waals surface area contributed by atoms with Gasteiger partial charge in [0.1, 0.15) is 17.8 Å². The van der Waals surface area contributed by atoms with Crippen molar-refractivity contribution in [1.29, 1.82) is 0 Å². The molecule has 0 fully saturated rings. The molecule has 0 saturated heterocycles. The molecule has 28 heavy (non-hydrogen) atoms. The van der Waals surface area contributed by atoms with Crippen molar-refractivity contribution < 1.29 is 14.5 Å². The number of hydrogen-bond donors (Lipinski definition) is 1. The van der Waals surface area contributed by atoms with Crippen LogP contribution in [0.1, 0.15) is 21.5 Å². The molecule has 0 unspecified atom stereocenters. The number of hydrazone groups is 1. The van der Waals surface area contributed by atoms with E-state index in [-0.39, 0.29) is 5.69 Å². The van der Waals surface area contributed by atoms with E-state index in [0.29, 0.717) is 22.7 Å². The number of anilines is 1. The number of aryl methyl sites for hydroxylation is 1. The Hall–Kier alpha value is -4.07. The number of benzene rings is 2. The highest BCUT2D eigenvalue weighted by atomic mass is 16.6. The first-order chi connectivity index (χ1) is 13.5. The van der Waals surface area contributed by atoms with Gasteiger partial charge in [0.05, 0.1) is 16.7 Å². The highest BCUT2D eigenvalue weighted by Crippen LogP contribution is 2.18. The molecule has 0 aliphatic rings. The molecule has 0 aliphatic heterocycles. The Morgan fingerprint density at radius 3 is 2.57 bits per heavy atom. The average molecular weight is 376 g/mol. The van der Waals surface area contributed by atoms with Crippen molar-refractivity contribution in [2.45, 2.75) is 6.92 Å². The van der Waals surface area contributed by atoms with Gasteiger partial charge in [-0.3, -0.25) is 15.5 Å². The maximum absolute atomic E-state index is 12.3. The molecule has 8 heteroatoms. The maximum Gasteiger partial charge on any atom is 0.343 e. The van der Waals surface area contributed by atoms with Crippen molar-refractivity contribution in [3.05, 3.63) is 93.7 Å². The van der Waals surface area contributed by atoms with Crippen LogP contribution in [0.15, 0.2) is 72.0 Å². The van der Waals surface area contributed by atoms with E-state index in [9.17, 15) is 14.9 Å². The zero-order chi connectivity index (χ0) is 19.9. The third-order valence-corrected chi connectivity index (χ3v) is 3.75. The van der Waals surface area contributed by atoms with Crippen LogP contribution in [-0.4, -0.2) is 22.1 Å². The second-order valence-corrected chi connectivity index (χ2v) is 5.82. The largest absolute Gasteiger partial charge is 0.422 e. The molecular formula is C20H16N4O4. The topological polar surface area (TPSA) is 107 Å². The summed E-state index contributed by atoms with van der Waals surface area (Å²) in [5, 5.41) is 14.7. The van der Waals surface area contributed by atoms with Crippen molar-refractivity contribution in [3.8, 4) is 5.75 Å². The van der Waals surface area contributed by atoms with Crippen molar-refractivity contribution >= 4 is 23.7 Å². The number of aromatic nitrogens is 1. The molecule has 0 saturated carbocycles. The summed E-state index contributed by atoms with van der Waals surface area (Å²) in [5.74, 6) is 0.233. The number of para-hydroxylation sites is 1. The SMILES string of the molecule is Cc1ccc(C(=O)Oc2ccccc2/C=N\Nc2ccc([N+](=O)[O-])cn2)cc1. The number of hydrogen-bond acceptors (Lipinski definition) is 7. The minimum Gasteiger partial charge on any atom is -0.422 e. The van der Waals surface area contributed by atoms with Gasteiger partial charge in [0.15, 0.2) is 0 Å². The van der Waals surface area contributed by atoms with Crippen LogP contribution in [0, 0.1) is 17.0 Å². The number of pyridine rings is 1.